The van der Waals surface area contributed by atoms with Gasteiger partial charge in [-0.1, -0.05) is 12.1 Å². The van der Waals surface area contributed by atoms with Gasteiger partial charge in [-0.25, -0.2) is 4.79 Å². The van der Waals surface area contributed by atoms with Gasteiger partial charge in [0.25, 0.3) is 5.91 Å². The summed E-state index contributed by atoms with van der Waals surface area (Å²) in [7, 11) is 0. The number of alkyl halides is 3. The van der Waals surface area contributed by atoms with E-state index in [1.807, 2.05) is 0 Å². The van der Waals surface area contributed by atoms with Gasteiger partial charge in [-0.05, 0) is 29.6 Å². The lowest BCUT2D eigenvalue weighted by atomic mass is 10.2. The molecule has 1 atom stereocenters. The number of cyclic esters (lactones) is 1. The van der Waals surface area contributed by atoms with Crippen LogP contribution in [0.25, 0.3) is 0 Å². The van der Waals surface area contributed by atoms with Crippen LogP contribution in [0.3, 0.4) is 0 Å². The van der Waals surface area contributed by atoms with Crippen molar-refractivity contribution < 1.29 is 27.5 Å². The molecule has 1 saturated heterocycles. The van der Waals surface area contributed by atoms with Crippen LogP contribution in [-0.2, 0) is 10.9 Å². The minimum absolute atomic E-state index is 0.0604. The standard InChI is InChI=1S/C16H13F3N2O3S/c17-16(18,19)10-3-1-4-11(7-10)21-9-12(24-15(21)23)8-20-14(22)13-5-2-6-25-13/h1-7,12H,8-9H2,(H,20,22). The van der Waals surface area contributed by atoms with Crippen LogP contribution in [0.4, 0.5) is 23.7 Å². The van der Waals surface area contributed by atoms with Gasteiger partial charge >= 0.3 is 12.3 Å². The van der Waals surface area contributed by atoms with E-state index in [0.717, 1.165) is 17.0 Å². The molecule has 0 radical (unpaired) electrons. The Balaban J connectivity index is 1.64. The summed E-state index contributed by atoms with van der Waals surface area (Å²) in [6, 6.07) is 7.87. The molecule has 0 saturated carbocycles. The average molecular weight is 370 g/mol. The number of anilines is 1. The first-order valence-corrected chi connectivity index (χ1v) is 8.19. The molecule has 2 aromatic rings. The van der Waals surface area contributed by atoms with Crippen molar-refractivity contribution in [2.75, 3.05) is 18.0 Å². The third-order valence-electron chi connectivity index (χ3n) is 3.59. The quantitative estimate of drug-likeness (QED) is 0.896. The van der Waals surface area contributed by atoms with Gasteiger partial charge in [0.15, 0.2) is 0 Å². The molecule has 0 bridgehead atoms. The first-order valence-electron chi connectivity index (χ1n) is 7.32. The van der Waals surface area contributed by atoms with E-state index in [4.69, 9.17) is 4.74 Å². The number of carbonyl (C=O) groups excluding carboxylic acids is 2. The Morgan fingerprint density at radius 3 is 2.80 bits per heavy atom. The molecule has 1 aliphatic rings. The predicted molar refractivity (Wildman–Crippen MR) is 85.7 cm³/mol. The Hall–Kier alpha value is -2.55. The number of hydrogen-bond donors (Lipinski definition) is 1. The van der Waals surface area contributed by atoms with E-state index in [1.54, 1.807) is 17.5 Å². The molecule has 1 unspecified atom stereocenters. The molecule has 5 nitrogen and oxygen atoms in total. The first-order chi connectivity index (χ1) is 11.8. The molecule has 25 heavy (non-hydrogen) atoms. The average Bonchev–Trinajstić information content (AvgIpc) is 3.22. The maximum absolute atomic E-state index is 12.8. The maximum Gasteiger partial charge on any atom is 0.416 e. The molecule has 1 N–H and O–H groups in total. The SMILES string of the molecule is O=C(NCC1CN(c2cccc(C(F)(F)F)c2)C(=O)O1)c1cccs1. The monoisotopic (exact) mass is 370 g/mol. The lowest BCUT2D eigenvalue weighted by molar-refractivity contribution is -0.137. The van der Waals surface area contributed by atoms with Gasteiger partial charge < -0.3 is 10.1 Å². The van der Waals surface area contributed by atoms with E-state index in [9.17, 15) is 22.8 Å². The Morgan fingerprint density at radius 2 is 2.12 bits per heavy atom. The summed E-state index contributed by atoms with van der Waals surface area (Å²) in [6.45, 7) is 0.142. The Labute approximate surface area is 145 Å². The molecule has 1 aromatic carbocycles. The van der Waals surface area contributed by atoms with Crippen molar-refractivity contribution in [1.29, 1.82) is 0 Å². The molecule has 0 aliphatic carbocycles. The second-order valence-electron chi connectivity index (χ2n) is 5.35. The molecular weight excluding hydrogens is 357 g/mol. The Morgan fingerprint density at radius 1 is 1.32 bits per heavy atom. The third kappa shape index (κ3) is 3.93. The topological polar surface area (TPSA) is 58.6 Å². The molecular formula is C16H13F3N2O3S. The van der Waals surface area contributed by atoms with Crippen molar-refractivity contribution in [3.63, 3.8) is 0 Å². The van der Waals surface area contributed by atoms with E-state index < -0.39 is 23.9 Å². The molecule has 2 amide bonds. The van der Waals surface area contributed by atoms with Crippen LogP contribution in [-0.4, -0.2) is 31.2 Å². The van der Waals surface area contributed by atoms with Crippen LogP contribution in [0.15, 0.2) is 41.8 Å². The molecule has 1 aliphatic heterocycles. The maximum atomic E-state index is 12.8. The zero-order valence-corrected chi connectivity index (χ0v) is 13.6. The van der Waals surface area contributed by atoms with Gasteiger partial charge in [0.05, 0.1) is 23.5 Å². The summed E-state index contributed by atoms with van der Waals surface area (Å²) in [5, 5.41) is 4.41. The van der Waals surface area contributed by atoms with Crippen LogP contribution in [0.5, 0.6) is 0 Å². The summed E-state index contributed by atoms with van der Waals surface area (Å²) < 4.78 is 43.5. The number of halogens is 3. The summed E-state index contributed by atoms with van der Waals surface area (Å²) in [4.78, 5) is 25.5. The second-order valence-corrected chi connectivity index (χ2v) is 6.30. The summed E-state index contributed by atoms with van der Waals surface area (Å²) in [6.07, 6.45) is -5.87. The smallest absolute Gasteiger partial charge is 0.416 e. The fourth-order valence-electron chi connectivity index (χ4n) is 2.39. The summed E-state index contributed by atoms with van der Waals surface area (Å²) >= 11 is 1.28. The summed E-state index contributed by atoms with van der Waals surface area (Å²) in [5.74, 6) is -0.288. The van der Waals surface area contributed by atoms with Crippen molar-refractivity contribution in [3.05, 3.63) is 52.2 Å². The number of hydrogen-bond acceptors (Lipinski definition) is 4. The van der Waals surface area contributed by atoms with Crippen LogP contribution in [0, 0.1) is 0 Å². The largest absolute Gasteiger partial charge is 0.442 e. The van der Waals surface area contributed by atoms with Gasteiger partial charge in [0.2, 0.25) is 0 Å². The van der Waals surface area contributed by atoms with Crippen molar-refractivity contribution in [1.82, 2.24) is 5.32 Å². The van der Waals surface area contributed by atoms with Crippen LogP contribution >= 0.6 is 11.3 Å². The fraction of sp³-hybridized carbons (Fsp3) is 0.250. The molecule has 1 aromatic heterocycles. The highest BCUT2D eigenvalue weighted by molar-refractivity contribution is 7.12. The number of nitrogens with one attached hydrogen (secondary N) is 1. The van der Waals surface area contributed by atoms with Crippen molar-refractivity contribution in [2.24, 2.45) is 0 Å². The molecule has 132 valence electrons. The fourth-order valence-corrected chi connectivity index (χ4v) is 3.03. The zero-order valence-electron chi connectivity index (χ0n) is 12.7. The Kier molecular flexibility index (Phi) is 4.67. The molecule has 2 heterocycles. The normalized spacial score (nSPS) is 17.5. The van der Waals surface area contributed by atoms with Crippen LogP contribution in [0.2, 0.25) is 0 Å². The van der Waals surface area contributed by atoms with Gasteiger partial charge in [-0.2, -0.15) is 13.2 Å². The van der Waals surface area contributed by atoms with Crippen molar-refractivity contribution >= 4 is 29.0 Å². The van der Waals surface area contributed by atoms with E-state index in [2.05, 4.69) is 5.32 Å². The molecule has 1 fully saturated rings. The molecule has 3 rings (SSSR count). The Bertz CT molecular complexity index is 777. The lowest BCUT2D eigenvalue weighted by Gasteiger charge is -2.15. The number of thiophene rings is 1. The van der Waals surface area contributed by atoms with Gasteiger partial charge in [0.1, 0.15) is 6.10 Å². The van der Waals surface area contributed by atoms with E-state index in [-0.39, 0.29) is 24.7 Å². The van der Waals surface area contributed by atoms with Gasteiger partial charge in [-0.15, -0.1) is 11.3 Å². The zero-order chi connectivity index (χ0) is 18.0. The molecule has 0 spiro atoms. The number of nitrogens with zero attached hydrogens (tertiary/aromatic N) is 1. The number of ether oxygens (including phenoxy) is 1. The number of rotatable bonds is 4. The van der Waals surface area contributed by atoms with Crippen LogP contribution in [0.1, 0.15) is 15.2 Å². The van der Waals surface area contributed by atoms with Gasteiger partial charge in [0, 0.05) is 5.69 Å². The van der Waals surface area contributed by atoms with E-state index in [1.165, 1.54) is 23.5 Å². The van der Waals surface area contributed by atoms with E-state index >= 15 is 0 Å². The van der Waals surface area contributed by atoms with Crippen molar-refractivity contribution in [2.45, 2.75) is 12.3 Å². The van der Waals surface area contributed by atoms with E-state index in [0.29, 0.717) is 4.88 Å². The van der Waals surface area contributed by atoms with Crippen molar-refractivity contribution in [3.8, 4) is 0 Å². The summed E-state index contributed by atoms with van der Waals surface area (Å²) in [5.41, 5.74) is -0.737. The highest BCUT2D eigenvalue weighted by Crippen LogP contribution is 2.32. The van der Waals surface area contributed by atoms with Gasteiger partial charge in [-0.3, -0.25) is 9.69 Å². The number of carbonyl (C=O) groups is 2. The van der Waals surface area contributed by atoms with Crippen LogP contribution < -0.4 is 10.2 Å². The lowest BCUT2D eigenvalue weighted by Crippen LogP contribution is -2.34. The minimum Gasteiger partial charge on any atom is -0.442 e. The predicted octanol–water partition coefficient (Wildman–Crippen LogP) is 3.52. The molecule has 9 heteroatoms. The number of amides is 2. The highest BCUT2D eigenvalue weighted by Gasteiger charge is 2.35. The number of benzene rings is 1. The highest BCUT2D eigenvalue weighted by atomic mass is 32.1. The first kappa shape index (κ1) is 17.3. The second kappa shape index (κ2) is 6.75. The third-order valence-corrected chi connectivity index (χ3v) is 4.46. The minimum atomic E-state index is -4.49.